The van der Waals surface area contributed by atoms with Crippen molar-refractivity contribution in [2.45, 2.75) is 18.9 Å². The zero-order valence-electron chi connectivity index (χ0n) is 14.0. The van der Waals surface area contributed by atoms with Gasteiger partial charge in [0.1, 0.15) is 6.04 Å². The zero-order chi connectivity index (χ0) is 17.6. The van der Waals surface area contributed by atoms with E-state index in [1.807, 2.05) is 54.6 Å². The van der Waals surface area contributed by atoms with Crippen molar-refractivity contribution in [2.75, 3.05) is 13.2 Å². The van der Waals surface area contributed by atoms with E-state index in [9.17, 15) is 9.59 Å². The molecule has 0 spiro atoms. The largest absolute Gasteiger partial charge is 0.381 e. The highest BCUT2D eigenvalue weighted by molar-refractivity contribution is 5.88. The van der Waals surface area contributed by atoms with Crippen LogP contribution in [-0.4, -0.2) is 31.1 Å². The molecule has 0 saturated carbocycles. The Morgan fingerprint density at radius 2 is 1.76 bits per heavy atom. The van der Waals surface area contributed by atoms with Gasteiger partial charge in [0.25, 0.3) is 0 Å². The maximum Gasteiger partial charge on any atom is 0.240 e. The van der Waals surface area contributed by atoms with Crippen LogP contribution in [0.1, 0.15) is 12.0 Å². The molecule has 1 heterocycles. The van der Waals surface area contributed by atoms with Gasteiger partial charge in [0.2, 0.25) is 11.8 Å². The lowest BCUT2D eigenvalue weighted by atomic mass is 10.00. The summed E-state index contributed by atoms with van der Waals surface area (Å²) in [6, 6.07) is 17.3. The molecule has 0 unspecified atom stereocenters. The summed E-state index contributed by atoms with van der Waals surface area (Å²) in [6.45, 7) is 0.989. The normalized spacial score (nSPS) is 17.8. The van der Waals surface area contributed by atoms with Gasteiger partial charge >= 0.3 is 0 Å². The average molecular weight is 338 g/mol. The summed E-state index contributed by atoms with van der Waals surface area (Å²) in [4.78, 5) is 23.9. The topological polar surface area (TPSA) is 81.4 Å². The van der Waals surface area contributed by atoms with Crippen LogP contribution in [0.5, 0.6) is 0 Å². The summed E-state index contributed by atoms with van der Waals surface area (Å²) in [5.74, 6) is -0.885. The predicted molar refractivity (Wildman–Crippen MR) is 95.6 cm³/mol. The number of hydrogen-bond acceptors (Lipinski definition) is 3. The van der Waals surface area contributed by atoms with Crippen LogP contribution in [0.15, 0.2) is 54.6 Å². The number of primary amides is 1. The second-order valence-electron chi connectivity index (χ2n) is 6.29. The summed E-state index contributed by atoms with van der Waals surface area (Å²) < 4.78 is 5.22. The van der Waals surface area contributed by atoms with Crippen molar-refractivity contribution in [3.05, 3.63) is 60.2 Å². The minimum atomic E-state index is -0.712. The van der Waals surface area contributed by atoms with Gasteiger partial charge < -0.3 is 15.8 Å². The minimum absolute atomic E-state index is 0.165. The van der Waals surface area contributed by atoms with E-state index in [1.165, 1.54) is 0 Å². The predicted octanol–water partition coefficient (Wildman–Crippen LogP) is 1.90. The number of benzene rings is 2. The monoisotopic (exact) mass is 338 g/mol. The first-order chi connectivity index (χ1) is 12.1. The summed E-state index contributed by atoms with van der Waals surface area (Å²) in [5.41, 5.74) is 8.66. The van der Waals surface area contributed by atoms with E-state index in [0.717, 1.165) is 16.7 Å². The molecular weight excluding hydrogens is 316 g/mol. The van der Waals surface area contributed by atoms with Gasteiger partial charge in [-0.05, 0) is 23.1 Å². The molecule has 130 valence electrons. The fourth-order valence-corrected chi connectivity index (χ4v) is 2.95. The molecule has 1 aliphatic rings. The van der Waals surface area contributed by atoms with E-state index in [-0.39, 0.29) is 11.8 Å². The molecule has 2 aromatic carbocycles. The molecule has 1 fully saturated rings. The number of nitrogens with two attached hydrogens (primary N) is 1. The van der Waals surface area contributed by atoms with Crippen molar-refractivity contribution < 1.29 is 14.3 Å². The maximum absolute atomic E-state index is 12.2. The minimum Gasteiger partial charge on any atom is -0.381 e. The molecule has 0 bridgehead atoms. The fraction of sp³-hybridized carbons (Fsp3) is 0.300. The Labute approximate surface area is 147 Å². The summed E-state index contributed by atoms with van der Waals surface area (Å²) in [6.07, 6.45) is 1.06. The lowest BCUT2D eigenvalue weighted by Gasteiger charge is -2.18. The number of ether oxygens (including phenoxy) is 1. The second kappa shape index (κ2) is 7.94. The van der Waals surface area contributed by atoms with E-state index >= 15 is 0 Å². The van der Waals surface area contributed by atoms with E-state index in [2.05, 4.69) is 5.32 Å². The quantitative estimate of drug-likeness (QED) is 0.844. The third-order valence-corrected chi connectivity index (χ3v) is 4.46. The van der Waals surface area contributed by atoms with Gasteiger partial charge in [0.15, 0.2) is 0 Å². The van der Waals surface area contributed by atoms with Crippen LogP contribution in [0.4, 0.5) is 0 Å². The third-order valence-electron chi connectivity index (χ3n) is 4.46. The highest BCUT2D eigenvalue weighted by Gasteiger charge is 2.27. The van der Waals surface area contributed by atoms with Crippen molar-refractivity contribution in [2.24, 2.45) is 11.7 Å². The Kier molecular flexibility index (Phi) is 5.46. The molecule has 3 N–H and O–H groups in total. The number of carbonyl (C=O) groups excluding carboxylic acids is 2. The number of rotatable bonds is 6. The summed E-state index contributed by atoms with van der Waals surface area (Å²) in [7, 11) is 0. The highest BCUT2D eigenvalue weighted by atomic mass is 16.5. The molecule has 0 radical (unpaired) electrons. The summed E-state index contributed by atoms with van der Waals surface area (Å²) in [5, 5.41) is 2.76. The van der Waals surface area contributed by atoms with Gasteiger partial charge in [-0.25, -0.2) is 0 Å². The molecule has 25 heavy (non-hydrogen) atoms. The smallest absolute Gasteiger partial charge is 0.240 e. The van der Waals surface area contributed by atoms with Crippen molar-refractivity contribution in [3.8, 4) is 11.1 Å². The van der Waals surface area contributed by atoms with Crippen LogP contribution in [0.3, 0.4) is 0 Å². The molecule has 1 saturated heterocycles. The molecule has 2 atom stereocenters. The van der Waals surface area contributed by atoms with Crippen molar-refractivity contribution in [1.82, 2.24) is 5.32 Å². The Balaban J connectivity index is 1.65. The van der Waals surface area contributed by atoms with Crippen LogP contribution in [0.25, 0.3) is 11.1 Å². The van der Waals surface area contributed by atoms with Crippen LogP contribution < -0.4 is 11.1 Å². The Bertz CT molecular complexity index is 722. The van der Waals surface area contributed by atoms with E-state index in [1.54, 1.807) is 0 Å². The molecule has 0 aliphatic carbocycles. The average Bonchev–Trinajstić information content (AvgIpc) is 3.17. The lowest BCUT2D eigenvalue weighted by Crippen LogP contribution is -2.48. The number of amides is 2. The third kappa shape index (κ3) is 4.45. The molecule has 5 nitrogen and oxygen atoms in total. The van der Waals surface area contributed by atoms with Gasteiger partial charge in [0, 0.05) is 13.0 Å². The molecule has 2 amide bonds. The first-order valence-electron chi connectivity index (χ1n) is 8.45. The van der Waals surface area contributed by atoms with Crippen LogP contribution in [0.2, 0.25) is 0 Å². The van der Waals surface area contributed by atoms with E-state index in [4.69, 9.17) is 10.5 Å². The molecule has 3 rings (SSSR count). The molecule has 0 aromatic heterocycles. The fourth-order valence-electron chi connectivity index (χ4n) is 2.95. The number of hydrogen-bond donors (Lipinski definition) is 2. The molecule has 1 aliphatic heterocycles. The summed E-state index contributed by atoms with van der Waals surface area (Å²) >= 11 is 0. The molecule has 2 aromatic rings. The van der Waals surface area contributed by atoms with Gasteiger partial charge in [-0.1, -0.05) is 54.6 Å². The SMILES string of the molecule is NC(=O)[C@H](Cc1ccc(-c2ccccc2)cc1)NC(=O)[C@H]1CCOC1. The maximum atomic E-state index is 12.2. The van der Waals surface area contributed by atoms with Gasteiger partial charge in [-0.3, -0.25) is 9.59 Å². The lowest BCUT2D eigenvalue weighted by molar-refractivity contribution is -0.129. The van der Waals surface area contributed by atoms with Gasteiger partial charge in [0.05, 0.1) is 12.5 Å². The second-order valence-corrected chi connectivity index (χ2v) is 6.29. The Hall–Kier alpha value is -2.66. The zero-order valence-corrected chi connectivity index (χ0v) is 14.0. The Morgan fingerprint density at radius 1 is 1.08 bits per heavy atom. The van der Waals surface area contributed by atoms with Crippen LogP contribution in [0, 0.1) is 5.92 Å². The Morgan fingerprint density at radius 3 is 2.36 bits per heavy atom. The van der Waals surface area contributed by atoms with Gasteiger partial charge in [-0.15, -0.1) is 0 Å². The highest BCUT2D eigenvalue weighted by Crippen LogP contribution is 2.20. The van der Waals surface area contributed by atoms with Crippen LogP contribution >= 0.6 is 0 Å². The number of nitrogens with one attached hydrogen (secondary N) is 1. The first-order valence-corrected chi connectivity index (χ1v) is 8.45. The van der Waals surface area contributed by atoms with Crippen molar-refractivity contribution in [3.63, 3.8) is 0 Å². The van der Waals surface area contributed by atoms with Crippen molar-refractivity contribution in [1.29, 1.82) is 0 Å². The number of carbonyl (C=O) groups is 2. The standard InChI is InChI=1S/C20H22N2O3/c21-19(23)18(22-20(24)17-10-11-25-13-17)12-14-6-8-16(9-7-14)15-4-2-1-3-5-15/h1-9,17-18H,10-13H2,(H2,21,23)(H,22,24)/t17-,18-/m0/s1. The molecule has 5 heteroatoms. The first kappa shape index (κ1) is 17.2. The van der Waals surface area contributed by atoms with Gasteiger partial charge in [-0.2, -0.15) is 0 Å². The van der Waals surface area contributed by atoms with Crippen molar-refractivity contribution >= 4 is 11.8 Å². The van der Waals surface area contributed by atoms with E-state index < -0.39 is 11.9 Å². The van der Waals surface area contributed by atoms with Crippen LogP contribution in [-0.2, 0) is 20.7 Å². The molecular formula is C20H22N2O3. The van der Waals surface area contributed by atoms with E-state index in [0.29, 0.717) is 26.1 Å².